The molecule has 0 spiro atoms. The zero-order valence-electron chi connectivity index (χ0n) is 2.23. The molecular formula is HInS2Zn. The molecule has 0 heterocycles. The van der Waals surface area contributed by atoms with E-state index in [1.807, 2.05) is 0 Å². The van der Waals surface area contributed by atoms with Crippen LogP contribution < -0.4 is 0 Å². The van der Waals surface area contributed by atoms with Gasteiger partial charge in [-0.1, -0.05) is 0 Å². The molecule has 0 atom stereocenters. The molecule has 0 aromatic carbocycles. The summed E-state index contributed by atoms with van der Waals surface area (Å²) >= 11 is 1.69. The van der Waals surface area contributed by atoms with E-state index in [1.54, 1.807) is 0 Å². The van der Waals surface area contributed by atoms with Crippen LogP contribution in [0.3, 0.4) is 0 Å². The fraction of sp³-hybridized carbons (Fsp3) is 0. The molecule has 0 aliphatic heterocycles. The number of rotatable bonds is 0. The van der Waals surface area contributed by atoms with Gasteiger partial charge in [-0.3, -0.25) is 0 Å². The Hall–Kier alpha value is 1.93. The number of hydrogen-bond donors (Lipinski definition) is 0. The van der Waals surface area contributed by atoms with Crippen LogP contribution in [0, 0.1) is 0 Å². The zero-order valence-corrected chi connectivity index (χ0v) is 10.9. The summed E-state index contributed by atoms with van der Waals surface area (Å²) in [4.78, 5) is 0. The van der Waals surface area contributed by atoms with E-state index in [0.29, 0.717) is 0 Å². The van der Waals surface area contributed by atoms with Crippen LogP contribution in [-0.4, -0.2) is 22.4 Å². The molecule has 0 unspecified atom stereocenters. The standard InChI is InChI=1S/In.2S.Zn.H. The van der Waals surface area contributed by atoms with Crippen LogP contribution in [0.2, 0.25) is 0 Å². The van der Waals surface area contributed by atoms with Gasteiger partial charge < -0.3 is 0 Å². The van der Waals surface area contributed by atoms with Crippen molar-refractivity contribution in [3.8, 4) is 0 Å². The Morgan fingerprint density at radius 2 is 1.25 bits per heavy atom. The molecule has 0 aliphatic rings. The Morgan fingerprint density at radius 1 is 1.25 bits per heavy atom. The summed E-state index contributed by atoms with van der Waals surface area (Å²) in [5.74, 6) is 0. The van der Waals surface area contributed by atoms with Gasteiger partial charge in [0.2, 0.25) is 0 Å². The molecule has 0 aromatic rings. The molecule has 0 aromatic heterocycles. The molecular weight excluding hydrogens is 244 g/mol. The van der Waals surface area contributed by atoms with Gasteiger partial charge in [-0.2, -0.15) is 0 Å². The minimum atomic E-state index is 0.733. The first-order valence-electron chi connectivity index (χ1n) is 0.577. The second-order valence-electron chi connectivity index (χ2n) is 0. The van der Waals surface area contributed by atoms with Crippen LogP contribution in [-0.2, 0) is 16.6 Å². The molecule has 0 saturated heterocycles. The van der Waals surface area contributed by atoms with Crippen LogP contribution in [0.5, 0.6) is 0 Å². The van der Waals surface area contributed by atoms with Gasteiger partial charge in [-0.05, 0) is 0 Å². The third-order valence-electron chi connectivity index (χ3n) is 0. The molecule has 0 aliphatic carbocycles. The Kier molecular flexibility index (Phi) is 47.6. The molecule has 0 fully saturated rings. The van der Waals surface area contributed by atoms with Crippen LogP contribution in [0.15, 0.2) is 0 Å². The minimum absolute atomic E-state index is 0.733. The molecule has 4 heavy (non-hydrogen) atoms. The monoisotopic (exact) mass is 244 g/mol. The van der Waals surface area contributed by atoms with Gasteiger partial charge in [0.1, 0.15) is 0 Å². The second kappa shape index (κ2) is 20.4. The molecule has 0 rings (SSSR count). The predicted octanol–water partition coefficient (Wildman–Crippen LogP) is 0.645. The Morgan fingerprint density at radius 3 is 1.25 bits per heavy atom. The van der Waals surface area contributed by atoms with E-state index in [4.69, 9.17) is 0 Å². The van der Waals surface area contributed by atoms with E-state index in [0.717, 1.165) is 38.9 Å². The third kappa shape index (κ3) is 9.05. The van der Waals surface area contributed by atoms with Crippen molar-refractivity contribution in [2.45, 2.75) is 0 Å². The van der Waals surface area contributed by atoms with Crippen molar-refractivity contribution in [1.82, 2.24) is 0 Å². The molecule has 0 N–H and O–H groups in total. The van der Waals surface area contributed by atoms with Crippen LogP contribution >= 0.6 is 19.0 Å². The first-order chi connectivity index (χ1) is 2.00. The Bertz CT molecular complexity index is 8.00. The maximum atomic E-state index is 4.25. The summed E-state index contributed by atoms with van der Waals surface area (Å²) in [6.07, 6.45) is 0. The summed E-state index contributed by atoms with van der Waals surface area (Å²) in [6, 6.07) is 0. The van der Waals surface area contributed by atoms with E-state index in [9.17, 15) is 0 Å². The van der Waals surface area contributed by atoms with Gasteiger partial charge in [0, 0.05) is 0 Å². The van der Waals surface area contributed by atoms with E-state index >= 15 is 0 Å². The second-order valence-corrected chi connectivity index (χ2v) is 0. The van der Waals surface area contributed by atoms with Crippen LogP contribution in [0.1, 0.15) is 0 Å². The van der Waals surface area contributed by atoms with Crippen molar-refractivity contribution in [3.63, 3.8) is 0 Å². The molecule has 18 valence electrons. The van der Waals surface area contributed by atoms with Crippen molar-refractivity contribution < 1.29 is 16.6 Å². The average Bonchev–Trinajstić information content (AvgIpc) is 1.50. The summed E-state index contributed by atoms with van der Waals surface area (Å²) in [6.45, 7) is 0. The summed E-state index contributed by atoms with van der Waals surface area (Å²) in [5, 5.41) is 0. The van der Waals surface area contributed by atoms with Gasteiger partial charge >= 0.3 is 57.9 Å². The van der Waals surface area contributed by atoms with Crippen molar-refractivity contribution in [2.75, 3.05) is 0 Å². The predicted molar refractivity (Wildman–Crippen MR) is 22.3 cm³/mol. The van der Waals surface area contributed by atoms with E-state index in [2.05, 4.69) is 19.0 Å². The topological polar surface area (TPSA) is 0 Å². The Labute approximate surface area is 57.2 Å². The molecule has 0 radical (unpaired) electrons. The SMILES string of the molecule is [S]=[InH].[S]=[Zn]. The van der Waals surface area contributed by atoms with Gasteiger partial charge in [-0.25, -0.2) is 0 Å². The van der Waals surface area contributed by atoms with Crippen molar-refractivity contribution >= 4 is 41.4 Å². The quantitative estimate of drug-likeness (QED) is 0.575. The normalized spacial score (nSPS) is 2.25. The first-order valence-corrected chi connectivity index (χ1v) is 10.3. The number of hydrogen-bond acceptors (Lipinski definition) is 2. The van der Waals surface area contributed by atoms with Gasteiger partial charge in [0.05, 0.1) is 0 Å². The van der Waals surface area contributed by atoms with E-state index in [1.165, 1.54) is 0 Å². The van der Waals surface area contributed by atoms with E-state index in [-0.39, 0.29) is 0 Å². The molecule has 0 nitrogen and oxygen atoms in total. The fourth-order valence-electron chi connectivity index (χ4n) is 0. The van der Waals surface area contributed by atoms with Crippen LogP contribution in [0.4, 0.5) is 0 Å². The van der Waals surface area contributed by atoms with Gasteiger partial charge in [0.25, 0.3) is 0 Å². The van der Waals surface area contributed by atoms with Gasteiger partial charge in [0.15, 0.2) is 0 Å². The van der Waals surface area contributed by atoms with Crippen molar-refractivity contribution in [2.24, 2.45) is 0 Å². The fourth-order valence-corrected chi connectivity index (χ4v) is 0. The molecule has 4 heteroatoms. The Balaban J connectivity index is 0. The molecule has 0 amide bonds. The van der Waals surface area contributed by atoms with Gasteiger partial charge in [-0.15, -0.1) is 0 Å². The first kappa shape index (κ1) is 9.33. The van der Waals surface area contributed by atoms with Crippen LogP contribution in [0.25, 0.3) is 0 Å². The maximum absolute atomic E-state index is 4.25. The molecule has 0 saturated carbocycles. The van der Waals surface area contributed by atoms with Crippen molar-refractivity contribution in [3.05, 3.63) is 0 Å². The zero-order chi connectivity index (χ0) is 4.00. The molecule has 0 bridgehead atoms. The van der Waals surface area contributed by atoms with E-state index < -0.39 is 0 Å². The summed E-state index contributed by atoms with van der Waals surface area (Å²) in [5.41, 5.74) is 0. The van der Waals surface area contributed by atoms with Crippen molar-refractivity contribution in [1.29, 1.82) is 0 Å². The summed E-state index contributed by atoms with van der Waals surface area (Å²) in [7, 11) is 8.46. The average molecular weight is 245 g/mol. The summed E-state index contributed by atoms with van der Waals surface area (Å²) < 4.78 is 0. The third-order valence-corrected chi connectivity index (χ3v) is 0.